The lowest BCUT2D eigenvalue weighted by atomic mass is 10.0. The molecule has 2 aliphatic rings. The SMILES string of the molecule is Cc1nc(C)n([C@@H]2CCCN(C(=O)C[C@H]3CCS(=O)(=O)C3)C2)n1. The summed E-state index contributed by atoms with van der Waals surface area (Å²) in [6, 6.07) is 0.168. The molecule has 0 spiro atoms. The molecule has 2 fully saturated rings. The van der Waals surface area contributed by atoms with Gasteiger partial charge in [-0.3, -0.25) is 4.79 Å². The van der Waals surface area contributed by atoms with Crippen molar-refractivity contribution in [3.8, 4) is 0 Å². The average molecular weight is 340 g/mol. The van der Waals surface area contributed by atoms with Crippen LogP contribution in [0.1, 0.15) is 43.4 Å². The van der Waals surface area contributed by atoms with Gasteiger partial charge in [0.05, 0.1) is 17.5 Å². The van der Waals surface area contributed by atoms with E-state index in [1.165, 1.54) is 0 Å². The molecule has 1 aromatic heterocycles. The van der Waals surface area contributed by atoms with Crippen molar-refractivity contribution in [1.29, 1.82) is 0 Å². The number of nitrogens with zero attached hydrogens (tertiary/aromatic N) is 4. The van der Waals surface area contributed by atoms with Gasteiger partial charge in [0.15, 0.2) is 9.84 Å². The van der Waals surface area contributed by atoms with Crippen molar-refractivity contribution in [2.24, 2.45) is 5.92 Å². The Morgan fingerprint density at radius 2 is 2.09 bits per heavy atom. The third-order valence-electron chi connectivity index (χ3n) is 4.79. The Hall–Kier alpha value is -1.44. The summed E-state index contributed by atoms with van der Waals surface area (Å²) < 4.78 is 25.0. The van der Waals surface area contributed by atoms with E-state index in [2.05, 4.69) is 10.1 Å². The van der Waals surface area contributed by atoms with Crippen LogP contribution in [0.15, 0.2) is 0 Å². The topological polar surface area (TPSA) is 85.2 Å². The molecule has 0 saturated carbocycles. The second kappa shape index (κ2) is 6.22. The van der Waals surface area contributed by atoms with Crippen molar-refractivity contribution >= 4 is 15.7 Å². The first-order valence-electron chi connectivity index (χ1n) is 8.22. The summed E-state index contributed by atoms with van der Waals surface area (Å²) in [4.78, 5) is 18.7. The second-order valence-electron chi connectivity index (χ2n) is 6.76. The van der Waals surface area contributed by atoms with Crippen LogP contribution in [0.4, 0.5) is 0 Å². The molecule has 3 heterocycles. The molecule has 0 bridgehead atoms. The molecule has 23 heavy (non-hydrogen) atoms. The summed E-state index contributed by atoms with van der Waals surface area (Å²) >= 11 is 0. The van der Waals surface area contributed by atoms with Gasteiger partial charge in [-0.05, 0) is 39.0 Å². The number of piperidine rings is 1. The monoisotopic (exact) mass is 340 g/mol. The summed E-state index contributed by atoms with van der Waals surface area (Å²) in [5, 5.41) is 4.44. The van der Waals surface area contributed by atoms with E-state index in [9.17, 15) is 13.2 Å². The molecule has 3 rings (SSSR count). The predicted molar refractivity (Wildman–Crippen MR) is 85.7 cm³/mol. The summed E-state index contributed by atoms with van der Waals surface area (Å²) in [5.74, 6) is 2.09. The van der Waals surface area contributed by atoms with Crippen molar-refractivity contribution in [2.45, 2.75) is 45.6 Å². The maximum Gasteiger partial charge on any atom is 0.222 e. The van der Waals surface area contributed by atoms with Crippen molar-refractivity contribution in [3.63, 3.8) is 0 Å². The molecule has 0 aromatic carbocycles. The highest BCUT2D eigenvalue weighted by Gasteiger charge is 2.32. The van der Waals surface area contributed by atoms with Crippen LogP contribution in [0, 0.1) is 19.8 Å². The van der Waals surface area contributed by atoms with Gasteiger partial charge in [-0.15, -0.1) is 0 Å². The fourth-order valence-electron chi connectivity index (χ4n) is 3.67. The molecule has 0 unspecified atom stereocenters. The van der Waals surface area contributed by atoms with Gasteiger partial charge in [0, 0.05) is 19.5 Å². The third kappa shape index (κ3) is 3.73. The van der Waals surface area contributed by atoms with E-state index in [-0.39, 0.29) is 29.4 Å². The second-order valence-corrected chi connectivity index (χ2v) is 8.99. The number of amides is 1. The van der Waals surface area contributed by atoms with Gasteiger partial charge in [-0.25, -0.2) is 18.1 Å². The number of hydrogen-bond acceptors (Lipinski definition) is 5. The Kier molecular flexibility index (Phi) is 4.44. The van der Waals surface area contributed by atoms with E-state index in [0.29, 0.717) is 19.4 Å². The fourth-order valence-corrected chi connectivity index (χ4v) is 5.53. The van der Waals surface area contributed by atoms with E-state index in [4.69, 9.17) is 0 Å². The van der Waals surface area contributed by atoms with Gasteiger partial charge in [0.25, 0.3) is 0 Å². The quantitative estimate of drug-likeness (QED) is 0.815. The number of hydrogen-bond donors (Lipinski definition) is 0. The number of rotatable bonds is 3. The molecule has 0 aliphatic carbocycles. The molecule has 1 amide bonds. The number of carbonyl (C=O) groups excluding carboxylic acids is 1. The number of carbonyl (C=O) groups is 1. The Balaban J connectivity index is 1.62. The van der Waals surface area contributed by atoms with Gasteiger partial charge in [-0.1, -0.05) is 0 Å². The number of sulfone groups is 1. The number of aryl methyl sites for hydroxylation is 2. The normalized spacial score (nSPS) is 27.3. The summed E-state index contributed by atoms with van der Waals surface area (Å²) in [6.45, 7) is 5.20. The van der Waals surface area contributed by atoms with E-state index < -0.39 is 9.84 Å². The summed E-state index contributed by atoms with van der Waals surface area (Å²) in [7, 11) is -2.92. The Labute approximate surface area is 137 Å². The van der Waals surface area contributed by atoms with Crippen molar-refractivity contribution in [3.05, 3.63) is 11.6 Å². The van der Waals surface area contributed by atoms with E-state index in [1.807, 2.05) is 23.4 Å². The molecule has 0 radical (unpaired) electrons. The van der Waals surface area contributed by atoms with Crippen LogP contribution in [-0.4, -0.2) is 58.6 Å². The molecule has 2 saturated heterocycles. The van der Waals surface area contributed by atoms with Crippen LogP contribution in [0.2, 0.25) is 0 Å². The minimum atomic E-state index is -2.92. The molecule has 7 nitrogen and oxygen atoms in total. The molecule has 2 atom stereocenters. The number of aromatic nitrogens is 3. The molecule has 8 heteroatoms. The lowest BCUT2D eigenvalue weighted by Crippen LogP contribution is -2.41. The molecule has 0 N–H and O–H groups in total. The van der Waals surface area contributed by atoms with Crippen LogP contribution in [0.3, 0.4) is 0 Å². The zero-order chi connectivity index (χ0) is 16.6. The lowest BCUT2D eigenvalue weighted by molar-refractivity contribution is -0.133. The van der Waals surface area contributed by atoms with Gasteiger partial charge >= 0.3 is 0 Å². The first-order chi connectivity index (χ1) is 10.8. The van der Waals surface area contributed by atoms with Gasteiger partial charge in [0.2, 0.25) is 5.91 Å². The van der Waals surface area contributed by atoms with E-state index in [0.717, 1.165) is 31.0 Å². The first-order valence-corrected chi connectivity index (χ1v) is 10.0. The molecule has 2 aliphatic heterocycles. The van der Waals surface area contributed by atoms with Crippen LogP contribution in [0.5, 0.6) is 0 Å². The Morgan fingerprint density at radius 3 is 2.70 bits per heavy atom. The fraction of sp³-hybridized carbons (Fsp3) is 0.800. The third-order valence-corrected chi connectivity index (χ3v) is 6.63. The average Bonchev–Trinajstić information content (AvgIpc) is 3.00. The van der Waals surface area contributed by atoms with Crippen molar-refractivity contribution < 1.29 is 13.2 Å². The molecule has 1 aromatic rings. The van der Waals surface area contributed by atoms with Crippen LogP contribution in [-0.2, 0) is 14.6 Å². The van der Waals surface area contributed by atoms with Gasteiger partial charge in [-0.2, -0.15) is 5.10 Å². The number of likely N-dealkylation sites (tertiary alicyclic amines) is 1. The Morgan fingerprint density at radius 1 is 1.30 bits per heavy atom. The standard InChI is InChI=1S/C15H24N4O3S/c1-11-16-12(2)19(17-11)14-4-3-6-18(9-14)15(20)8-13-5-7-23(21,22)10-13/h13-14H,3-10H2,1-2H3/t13-,14-/m1/s1. The van der Waals surface area contributed by atoms with Crippen LogP contribution >= 0.6 is 0 Å². The predicted octanol–water partition coefficient (Wildman–Crippen LogP) is 0.883. The Bertz CT molecular complexity index is 698. The maximum atomic E-state index is 12.5. The molecular formula is C15H24N4O3S. The van der Waals surface area contributed by atoms with Gasteiger partial charge in [0.1, 0.15) is 11.6 Å². The largest absolute Gasteiger partial charge is 0.341 e. The summed E-state index contributed by atoms with van der Waals surface area (Å²) in [6.07, 6.45) is 2.90. The minimum Gasteiger partial charge on any atom is -0.341 e. The highest BCUT2D eigenvalue weighted by molar-refractivity contribution is 7.91. The highest BCUT2D eigenvalue weighted by Crippen LogP contribution is 2.26. The zero-order valence-electron chi connectivity index (χ0n) is 13.7. The minimum absolute atomic E-state index is 0.0109. The van der Waals surface area contributed by atoms with E-state index in [1.54, 1.807) is 0 Å². The molecule has 128 valence electrons. The molecular weight excluding hydrogens is 316 g/mol. The lowest BCUT2D eigenvalue weighted by Gasteiger charge is -2.33. The van der Waals surface area contributed by atoms with Crippen LogP contribution in [0.25, 0.3) is 0 Å². The van der Waals surface area contributed by atoms with Crippen LogP contribution < -0.4 is 0 Å². The maximum absolute atomic E-state index is 12.5. The smallest absolute Gasteiger partial charge is 0.222 e. The summed E-state index contributed by atoms with van der Waals surface area (Å²) in [5.41, 5.74) is 0. The van der Waals surface area contributed by atoms with E-state index >= 15 is 0 Å². The van der Waals surface area contributed by atoms with Gasteiger partial charge < -0.3 is 4.90 Å². The highest BCUT2D eigenvalue weighted by atomic mass is 32.2. The van der Waals surface area contributed by atoms with Crippen molar-refractivity contribution in [1.82, 2.24) is 19.7 Å². The zero-order valence-corrected chi connectivity index (χ0v) is 14.5. The first kappa shape index (κ1) is 16.4. The van der Waals surface area contributed by atoms with Crippen molar-refractivity contribution in [2.75, 3.05) is 24.6 Å².